The SMILES string of the molecule is CC(CC(=O)c1ccc(Cl)cc1F)CC(C)(C)C. The van der Waals surface area contributed by atoms with Gasteiger partial charge in [0, 0.05) is 11.4 Å². The summed E-state index contributed by atoms with van der Waals surface area (Å²) in [6.07, 6.45) is 1.31. The second-order valence-electron chi connectivity index (χ2n) is 6.12. The smallest absolute Gasteiger partial charge is 0.166 e. The average Bonchev–Trinajstić information content (AvgIpc) is 2.13. The molecule has 1 aromatic carbocycles. The standard InChI is InChI=1S/C15H20ClFO/c1-10(9-15(2,3)4)7-14(18)12-6-5-11(16)8-13(12)17/h5-6,8,10H,7,9H2,1-4H3. The average molecular weight is 271 g/mol. The van der Waals surface area contributed by atoms with Crippen LogP contribution in [0.1, 0.15) is 50.9 Å². The van der Waals surface area contributed by atoms with Gasteiger partial charge in [-0.25, -0.2) is 4.39 Å². The Morgan fingerprint density at radius 3 is 2.50 bits per heavy atom. The molecule has 0 heterocycles. The van der Waals surface area contributed by atoms with E-state index in [0.29, 0.717) is 11.4 Å². The second kappa shape index (κ2) is 5.83. The van der Waals surface area contributed by atoms with Crippen molar-refractivity contribution in [3.63, 3.8) is 0 Å². The number of hydrogen-bond acceptors (Lipinski definition) is 1. The second-order valence-corrected chi connectivity index (χ2v) is 6.56. The van der Waals surface area contributed by atoms with Crippen molar-refractivity contribution in [1.29, 1.82) is 0 Å². The normalized spacial score (nSPS) is 13.4. The summed E-state index contributed by atoms with van der Waals surface area (Å²) < 4.78 is 13.6. The van der Waals surface area contributed by atoms with Crippen LogP contribution in [0.3, 0.4) is 0 Å². The van der Waals surface area contributed by atoms with E-state index >= 15 is 0 Å². The zero-order chi connectivity index (χ0) is 13.9. The van der Waals surface area contributed by atoms with Gasteiger partial charge in [0.05, 0.1) is 5.56 Å². The molecule has 1 nitrogen and oxygen atoms in total. The molecule has 100 valence electrons. The Morgan fingerprint density at radius 1 is 1.39 bits per heavy atom. The van der Waals surface area contributed by atoms with E-state index in [1.165, 1.54) is 12.1 Å². The van der Waals surface area contributed by atoms with Crippen LogP contribution in [0.2, 0.25) is 5.02 Å². The lowest BCUT2D eigenvalue weighted by Crippen LogP contribution is -2.15. The number of Topliss-reactive ketones (excluding diaryl/α,β-unsaturated/α-hetero) is 1. The Bertz CT molecular complexity index is 435. The van der Waals surface area contributed by atoms with E-state index in [1.54, 1.807) is 6.07 Å². The first-order valence-corrected chi connectivity index (χ1v) is 6.55. The molecule has 0 aliphatic rings. The van der Waals surface area contributed by atoms with Crippen LogP contribution in [0.5, 0.6) is 0 Å². The highest BCUT2D eigenvalue weighted by Gasteiger charge is 2.20. The van der Waals surface area contributed by atoms with Crippen molar-refractivity contribution in [1.82, 2.24) is 0 Å². The van der Waals surface area contributed by atoms with E-state index < -0.39 is 5.82 Å². The molecular formula is C15H20ClFO. The first-order valence-electron chi connectivity index (χ1n) is 6.17. The number of carbonyl (C=O) groups is 1. The first kappa shape index (κ1) is 15.2. The lowest BCUT2D eigenvalue weighted by molar-refractivity contribution is 0.0950. The quantitative estimate of drug-likeness (QED) is 0.694. The summed E-state index contributed by atoms with van der Waals surface area (Å²) in [6, 6.07) is 4.19. The van der Waals surface area contributed by atoms with Crippen molar-refractivity contribution in [2.75, 3.05) is 0 Å². The maximum atomic E-state index is 13.6. The van der Waals surface area contributed by atoms with Crippen molar-refractivity contribution < 1.29 is 9.18 Å². The monoisotopic (exact) mass is 270 g/mol. The molecule has 0 amide bonds. The van der Waals surface area contributed by atoms with Gasteiger partial charge in [-0.2, -0.15) is 0 Å². The largest absolute Gasteiger partial charge is 0.294 e. The van der Waals surface area contributed by atoms with Crippen molar-refractivity contribution in [2.24, 2.45) is 11.3 Å². The molecule has 0 N–H and O–H groups in total. The van der Waals surface area contributed by atoms with Crippen LogP contribution in [-0.2, 0) is 0 Å². The van der Waals surface area contributed by atoms with E-state index in [0.717, 1.165) is 6.42 Å². The van der Waals surface area contributed by atoms with E-state index in [9.17, 15) is 9.18 Å². The van der Waals surface area contributed by atoms with Gasteiger partial charge in [-0.15, -0.1) is 0 Å². The third-order valence-corrected chi connectivity index (χ3v) is 2.96. The molecule has 0 aromatic heterocycles. The Morgan fingerprint density at radius 2 is 2.00 bits per heavy atom. The predicted octanol–water partition coefficient (Wildman–Crippen LogP) is 5.12. The van der Waals surface area contributed by atoms with Gasteiger partial charge in [-0.05, 0) is 36.0 Å². The summed E-state index contributed by atoms with van der Waals surface area (Å²) >= 11 is 5.66. The lowest BCUT2D eigenvalue weighted by atomic mass is 9.83. The highest BCUT2D eigenvalue weighted by atomic mass is 35.5. The zero-order valence-corrected chi connectivity index (χ0v) is 12.1. The molecule has 0 aliphatic carbocycles. The summed E-state index contributed by atoms with van der Waals surface area (Å²) in [6.45, 7) is 8.43. The molecule has 0 aliphatic heterocycles. The third-order valence-electron chi connectivity index (χ3n) is 2.73. The number of rotatable bonds is 4. The lowest BCUT2D eigenvalue weighted by Gasteiger charge is -2.22. The first-order chi connectivity index (χ1) is 8.19. The van der Waals surface area contributed by atoms with E-state index in [-0.39, 0.29) is 22.7 Å². The third kappa shape index (κ3) is 4.77. The van der Waals surface area contributed by atoms with Crippen molar-refractivity contribution in [3.05, 3.63) is 34.6 Å². The fourth-order valence-corrected chi connectivity index (χ4v) is 2.42. The Hall–Kier alpha value is -0.890. The van der Waals surface area contributed by atoms with Crippen LogP contribution >= 0.6 is 11.6 Å². The van der Waals surface area contributed by atoms with Crippen LogP contribution < -0.4 is 0 Å². The van der Waals surface area contributed by atoms with Gasteiger partial charge in [-0.1, -0.05) is 39.3 Å². The van der Waals surface area contributed by atoms with Gasteiger partial charge >= 0.3 is 0 Å². The molecule has 0 saturated heterocycles. The topological polar surface area (TPSA) is 17.1 Å². The highest BCUT2D eigenvalue weighted by Crippen LogP contribution is 2.27. The van der Waals surface area contributed by atoms with Gasteiger partial charge in [-0.3, -0.25) is 4.79 Å². The summed E-state index contributed by atoms with van der Waals surface area (Å²) in [4.78, 5) is 12.0. The molecule has 1 rings (SSSR count). The predicted molar refractivity (Wildman–Crippen MR) is 73.6 cm³/mol. The Balaban J connectivity index is 2.71. The summed E-state index contributed by atoms with van der Waals surface area (Å²) in [5, 5.41) is 0.312. The molecule has 0 fully saturated rings. The van der Waals surface area contributed by atoms with Crippen LogP contribution in [0.15, 0.2) is 18.2 Å². The van der Waals surface area contributed by atoms with Gasteiger partial charge in [0.2, 0.25) is 0 Å². The van der Waals surface area contributed by atoms with Crippen molar-refractivity contribution >= 4 is 17.4 Å². The highest BCUT2D eigenvalue weighted by molar-refractivity contribution is 6.30. The van der Waals surface area contributed by atoms with E-state index in [1.807, 2.05) is 6.92 Å². The molecule has 0 bridgehead atoms. The minimum Gasteiger partial charge on any atom is -0.294 e. The molecule has 0 radical (unpaired) electrons. The summed E-state index contributed by atoms with van der Waals surface area (Å²) in [5.74, 6) is -0.441. The number of carbonyl (C=O) groups excluding carboxylic acids is 1. The van der Waals surface area contributed by atoms with Crippen molar-refractivity contribution in [2.45, 2.75) is 40.5 Å². The molecule has 3 heteroatoms. The number of benzene rings is 1. The zero-order valence-electron chi connectivity index (χ0n) is 11.4. The maximum absolute atomic E-state index is 13.6. The molecule has 0 spiro atoms. The van der Waals surface area contributed by atoms with Gasteiger partial charge in [0.15, 0.2) is 5.78 Å². The Labute approximate surface area is 113 Å². The van der Waals surface area contributed by atoms with Crippen LogP contribution in [0.25, 0.3) is 0 Å². The molecule has 1 atom stereocenters. The van der Waals surface area contributed by atoms with Crippen LogP contribution in [0, 0.1) is 17.2 Å². The number of halogens is 2. The van der Waals surface area contributed by atoms with Crippen molar-refractivity contribution in [3.8, 4) is 0 Å². The number of hydrogen-bond donors (Lipinski definition) is 0. The summed E-state index contributed by atoms with van der Waals surface area (Å²) in [5.41, 5.74) is 0.318. The molecule has 1 unspecified atom stereocenters. The fraction of sp³-hybridized carbons (Fsp3) is 0.533. The van der Waals surface area contributed by atoms with Gasteiger partial charge in [0.1, 0.15) is 5.82 Å². The van der Waals surface area contributed by atoms with E-state index in [4.69, 9.17) is 11.6 Å². The van der Waals surface area contributed by atoms with Gasteiger partial charge in [0.25, 0.3) is 0 Å². The van der Waals surface area contributed by atoms with Crippen LogP contribution in [-0.4, -0.2) is 5.78 Å². The minimum absolute atomic E-state index is 0.139. The summed E-state index contributed by atoms with van der Waals surface area (Å²) in [7, 11) is 0. The minimum atomic E-state index is -0.532. The Kier molecular flexibility index (Phi) is 4.92. The number of ketones is 1. The molecule has 18 heavy (non-hydrogen) atoms. The molecule has 0 saturated carbocycles. The molecular weight excluding hydrogens is 251 g/mol. The molecule has 1 aromatic rings. The van der Waals surface area contributed by atoms with Gasteiger partial charge < -0.3 is 0 Å². The van der Waals surface area contributed by atoms with Crippen LogP contribution in [0.4, 0.5) is 4.39 Å². The maximum Gasteiger partial charge on any atom is 0.166 e. The van der Waals surface area contributed by atoms with E-state index in [2.05, 4.69) is 20.8 Å². The fourth-order valence-electron chi connectivity index (χ4n) is 2.26.